The second-order valence-corrected chi connectivity index (χ2v) is 11.9. The lowest BCUT2D eigenvalue weighted by molar-refractivity contribution is -0.143. The van der Waals surface area contributed by atoms with Gasteiger partial charge in [-0.1, -0.05) is 96.2 Å². The highest BCUT2D eigenvalue weighted by atomic mass is 35.5. The van der Waals surface area contributed by atoms with E-state index in [1.54, 1.807) is 5.38 Å². The Hall–Kier alpha value is -4.30. The van der Waals surface area contributed by atoms with Gasteiger partial charge in [0.05, 0.1) is 6.04 Å². The van der Waals surface area contributed by atoms with Crippen molar-refractivity contribution in [1.82, 2.24) is 14.6 Å². The van der Waals surface area contributed by atoms with Crippen molar-refractivity contribution in [3.05, 3.63) is 119 Å². The zero-order chi connectivity index (χ0) is 30.6. The number of nitrogens with one attached hydrogen (secondary N) is 2. The summed E-state index contributed by atoms with van der Waals surface area (Å²) in [6.07, 6.45) is 0. The van der Waals surface area contributed by atoms with Crippen LogP contribution in [0.4, 0.5) is 5.13 Å². The molecular weight excluding hydrogens is 614 g/mol. The molecule has 2 unspecified atom stereocenters. The molecular formula is C29H26ClN5O6S2. The average Bonchev–Trinajstić information content (AvgIpc) is 3.48. The van der Waals surface area contributed by atoms with Crippen LogP contribution in [0.2, 0.25) is 0 Å². The molecule has 1 fully saturated rings. The number of hydrogen-bond donors (Lipinski definition) is 3. The summed E-state index contributed by atoms with van der Waals surface area (Å²) < 4.78 is 32.6. The second kappa shape index (κ2) is 12.5. The van der Waals surface area contributed by atoms with Crippen molar-refractivity contribution in [1.29, 1.82) is 0 Å². The molecule has 1 aliphatic heterocycles. The van der Waals surface area contributed by atoms with Gasteiger partial charge in [0.2, 0.25) is 0 Å². The molecule has 0 aliphatic carbocycles. The molecule has 1 aromatic heterocycles. The summed E-state index contributed by atoms with van der Waals surface area (Å²) in [5.41, 5.74) is 1.88. The molecule has 2 amide bonds. The summed E-state index contributed by atoms with van der Waals surface area (Å²) in [6.45, 7) is 0. The second-order valence-electron chi connectivity index (χ2n) is 9.42. The van der Waals surface area contributed by atoms with Gasteiger partial charge in [0.1, 0.15) is 24.4 Å². The Bertz CT molecular complexity index is 1640. The average molecular weight is 640 g/mol. The molecule has 4 aromatic rings. The van der Waals surface area contributed by atoms with Crippen LogP contribution in [0, 0.1) is 0 Å². The number of oxime groups is 1. The van der Waals surface area contributed by atoms with Gasteiger partial charge >= 0.3 is 10.3 Å². The number of nitrogens with zero attached hydrogens (tertiary/aromatic N) is 3. The maximum Gasteiger partial charge on any atom is 0.362 e. The highest BCUT2D eigenvalue weighted by Crippen LogP contribution is 2.40. The van der Waals surface area contributed by atoms with Crippen LogP contribution in [-0.4, -0.2) is 64.9 Å². The van der Waals surface area contributed by atoms with Crippen molar-refractivity contribution in [3.8, 4) is 0 Å². The molecule has 0 spiro atoms. The standard InChI is InChI=1S/C29H26ClN5O6S2/c1-41-34-24(26(36)32-25-23(17-30)35(27(25)37)43(38,39)40)22-18-42-28(31-22)33-29(19-11-5-2-6-12-19,20-13-7-3-8-14-20)21-15-9-4-10-16-21/h2-16,18,23,25H,17H2,1H3,(H,31,33)(H,32,36)(H,38,39,40)/b34-24-. The molecule has 43 heavy (non-hydrogen) atoms. The van der Waals surface area contributed by atoms with Crippen molar-refractivity contribution in [2.45, 2.75) is 17.6 Å². The summed E-state index contributed by atoms with van der Waals surface area (Å²) in [7, 11) is -3.59. The fraction of sp³-hybridized carbons (Fsp3) is 0.172. The molecule has 0 bridgehead atoms. The van der Waals surface area contributed by atoms with Gasteiger partial charge in [-0.25, -0.2) is 9.29 Å². The van der Waals surface area contributed by atoms with Gasteiger partial charge in [-0.15, -0.1) is 22.9 Å². The predicted molar refractivity (Wildman–Crippen MR) is 163 cm³/mol. The third-order valence-corrected chi connectivity index (χ3v) is 8.94. The first kappa shape index (κ1) is 30.2. The van der Waals surface area contributed by atoms with Gasteiger partial charge in [0, 0.05) is 11.3 Å². The highest BCUT2D eigenvalue weighted by Gasteiger charge is 2.53. The fourth-order valence-electron chi connectivity index (χ4n) is 5.00. The molecule has 2 heterocycles. The Morgan fingerprint density at radius 3 is 1.98 bits per heavy atom. The van der Waals surface area contributed by atoms with Gasteiger partial charge in [0.25, 0.3) is 11.8 Å². The topological polar surface area (TPSA) is 150 Å². The van der Waals surface area contributed by atoms with Crippen molar-refractivity contribution in [2.24, 2.45) is 5.16 Å². The first-order chi connectivity index (χ1) is 20.7. The number of amides is 2. The number of carbonyl (C=O) groups excluding carboxylic acids is 2. The lowest BCUT2D eigenvalue weighted by Gasteiger charge is -2.43. The summed E-state index contributed by atoms with van der Waals surface area (Å²) >= 11 is 7.06. The Morgan fingerprint density at radius 2 is 1.53 bits per heavy atom. The number of benzene rings is 3. The van der Waals surface area contributed by atoms with Crippen LogP contribution >= 0.6 is 22.9 Å². The molecule has 1 saturated heterocycles. The van der Waals surface area contributed by atoms with Crippen molar-refractivity contribution in [2.75, 3.05) is 18.3 Å². The van der Waals surface area contributed by atoms with E-state index >= 15 is 0 Å². The number of aromatic nitrogens is 1. The van der Waals surface area contributed by atoms with E-state index in [4.69, 9.17) is 16.4 Å². The fourth-order valence-corrected chi connectivity index (χ4v) is 7.03. The smallest absolute Gasteiger partial charge is 0.362 e. The van der Waals surface area contributed by atoms with Gasteiger partial charge in [-0.05, 0) is 16.7 Å². The monoisotopic (exact) mass is 639 g/mol. The lowest BCUT2D eigenvalue weighted by Crippen LogP contribution is -2.73. The molecule has 0 saturated carbocycles. The third kappa shape index (κ3) is 5.84. The Balaban J connectivity index is 1.50. The quantitative estimate of drug-likeness (QED) is 0.0562. The van der Waals surface area contributed by atoms with Crippen LogP contribution in [0.25, 0.3) is 0 Å². The molecule has 2 atom stereocenters. The minimum atomic E-state index is -4.84. The SMILES string of the molecule is CO/N=C(\C(=O)NC1C(=O)N(S(=O)(=O)O)C1CCl)c1csc(NC(c2ccccc2)(c2ccccc2)c2ccccc2)n1. The number of rotatable bonds is 11. The first-order valence-corrected chi connectivity index (χ1v) is 15.7. The highest BCUT2D eigenvalue weighted by molar-refractivity contribution is 7.84. The molecule has 1 aliphatic rings. The number of anilines is 1. The molecule has 222 valence electrons. The van der Waals surface area contributed by atoms with Crippen LogP contribution in [-0.2, 0) is 30.3 Å². The van der Waals surface area contributed by atoms with Gasteiger partial charge in [-0.3, -0.25) is 14.1 Å². The van der Waals surface area contributed by atoms with E-state index in [1.807, 2.05) is 91.0 Å². The van der Waals surface area contributed by atoms with Crippen LogP contribution < -0.4 is 10.6 Å². The number of thiazole rings is 1. The summed E-state index contributed by atoms with van der Waals surface area (Å²) in [4.78, 5) is 35.2. The van der Waals surface area contributed by atoms with Gasteiger partial charge < -0.3 is 15.5 Å². The zero-order valence-corrected chi connectivity index (χ0v) is 25.0. The Kier molecular flexibility index (Phi) is 8.78. The summed E-state index contributed by atoms with van der Waals surface area (Å²) in [5, 5.41) is 11.9. The molecule has 5 rings (SSSR count). The van der Waals surface area contributed by atoms with Crippen LogP contribution in [0.3, 0.4) is 0 Å². The number of β-lactam (4-membered cyclic amide) rings is 1. The summed E-state index contributed by atoms with van der Waals surface area (Å²) in [6, 6.07) is 27.2. The van der Waals surface area contributed by atoms with Crippen LogP contribution in [0.5, 0.6) is 0 Å². The van der Waals surface area contributed by atoms with Crippen molar-refractivity contribution in [3.63, 3.8) is 0 Å². The van der Waals surface area contributed by atoms with E-state index in [1.165, 1.54) is 18.4 Å². The number of alkyl halides is 1. The molecule has 3 aromatic carbocycles. The molecule has 11 nitrogen and oxygen atoms in total. The third-order valence-electron chi connectivity index (χ3n) is 6.92. The number of carbonyl (C=O) groups is 2. The molecule has 3 N–H and O–H groups in total. The van der Waals surface area contributed by atoms with Crippen LogP contribution in [0.15, 0.2) is 102 Å². The van der Waals surface area contributed by atoms with E-state index < -0.39 is 39.7 Å². The number of halogens is 1. The van der Waals surface area contributed by atoms with E-state index in [0.29, 0.717) is 5.13 Å². The van der Waals surface area contributed by atoms with E-state index in [9.17, 15) is 22.6 Å². The maximum atomic E-state index is 13.3. The first-order valence-electron chi connectivity index (χ1n) is 12.9. The predicted octanol–water partition coefficient (Wildman–Crippen LogP) is 3.63. The lowest BCUT2D eigenvalue weighted by atomic mass is 9.77. The van der Waals surface area contributed by atoms with Gasteiger partial charge in [-0.2, -0.15) is 8.42 Å². The maximum absolute atomic E-state index is 13.3. The minimum absolute atomic E-state index is 0.149. The van der Waals surface area contributed by atoms with Crippen molar-refractivity contribution < 1.29 is 27.4 Å². The van der Waals surface area contributed by atoms with Crippen molar-refractivity contribution >= 4 is 55.9 Å². The Labute approximate surface area is 257 Å². The van der Waals surface area contributed by atoms with E-state index in [0.717, 1.165) is 16.7 Å². The normalized spacial score (nSPS) is 17.2. The molecule has 0 radical (unpaired) electrons. The Morgan fingerprint density at radius 1 is 1.02 bits per heavy atom. The largest absolute Gasteiger partial charge is 0.398 e. The van der Waals surface area contributed by atoms with E-state index in [-0.39, 0.29) is 21.6 Å². The molecule has 14 heteroatoms. The number of hydrogen-bond acceptors (Lipinski definition) is 9. The van der Waals surface area contributed by atoms with Gasteiger partial charge in [0.15, 0.2) is 10.8 Å². The summed E-state index contributed by atoms with van der Waals surface area (Å²) in [5.74, 6) is -2.22. The van der Waals surface area contributed by atoms with Crippen LogP contribution in [0.1, 0.15) is 22.4 Å². The zero-order valence-electron chi connectivity index (χ0n) is 22.6. The minimum Gasteiger partial charge on any atom is -0.398 e. The van der Waals surface area contributed by atoms with E-state index in [2.05, 4.69) is 20.8 Å².